The summed E-state index contributed by atoms with van der Waals surface area (Å²) < 4.78 is 5.54. The Morgan fingerprint density at radius 2 is 2.11 bits per heavy atom. The minimum Gasteiger partial charge on any atom is -0.473 e. The zero-order chi connectivity index (χ0) is 13.9. The lowest BCUT2D eigenvalue weighted by molar-refractivity contribution is 0.213. The Kier molecular flexibility index (Phi) is 4.09. The van der Waals surface area contributed by atoms with Crippen molar-refractivity contribution in [2.45, 2.75) is 51.2 Å². The first-order valence-corrected chi connectivity index (χ1v) is 6.72. The van der Waals surface area contributed by atoms with Crippen LogP contribution in [0.1, 0.15) is 39.5 Å². The zero-order valence-corrected chi connectivity index (χ0v) is 11.5. The van der Waals surface area contributed by atoms with Crippen molar-refractivity contribution in [1.29, 1.82) is 0 Å². The van der Waals surface area contributed by atoms with Gasteiger partial charge in [-0.25, -0.2) is 4.98 Å². The molecule has 1 aromatic heterocycles. The molecule has 6 heteroatoms. The van der Waals surface area contributed by atoms with Gasteiger partial charge in [0.05, 0.1) is 18.2 Å². The molecule has 2 rings (SSSR count). The maximum absolute atomic E-state index is 9.61. The molecule has 0 radical (unpaired) electrons. The Morgan fingerprint density at radius 1 is 1.42 bits per heavy atom. The molecule has 4 N–H and O–H groups in total. The minimum absolute atomic E-state index is 0.00309. The smallest absolute Gasteiger partial charge is 0.242 e. The number of ether oxygens (including phenoxy) is 1. The van der Waals surface area contributed by atoms with E-state index in [9.17, 15) is 5.11 Å². The molecule has 0 atom stereocenters. The maximum atomic E-state index is 9.61. The minimum atomic E-state index is -0.308. The molecule has 0 unspecified atom stereocenters. The van der Waals surface area contributed by atoms with Crippen molar-refractivity contribution in [3.63, 3.8) is 0 Å². The lowest BCUT2D eigenvalue weighted by atomic mass is 9.99. The van der Waals surface area contributed by atoms with Gasteiger partial charge in [-0.2, -0.15) is 4.98 Å². The van der Waals surface area contributed by atoms with Gasteiger partial charge in [-0.05, 0) is 26.7 Å². The van der Waals surface area contributed by atoms with Gasteiger partial charge in [-0.1, -0.05) is 12.8 Å². The van der Waals surface area contributed by atoms with Crippen LogP contribution < -0.4 is 15.8 Å². The van der Waals surface area contributed by atoms with Gasteiger partial charge in [0, 0.05) is 0 Å². The molecule has 19 heavy (non-hydrogen) atoms. The fourth-order valence-electron chi connectivity index (χ4n) is 2.42. The molecule has 0 aliphatic heterocycles. The van der Waals surface area contributed by atoms with E-state index < -0.39 is 0 Å². The summed E-state index contributed by atoms with van der Waals surface area (Å²) in [6.07, 6.45) is 5.49. The van der Waals surface area contributed by atoms with Gasteiger partial charge in [0.25, 0.3) is 0 Å². The fourth-order valence-corrected chi connectivity index (χ4v) is 2.42. The Labute approximate surface area is 113 Å². The number of nitrogens with one attached hydrogen (secondary N) is 1. The van der Waals surface area contributed by atoms with Crippen LogP contribution in [0.25, 0.3) is 0 Å². The van der Waals surface area contributed by atoms with E-state index in [0.29, 0.717) is 17.4 Å². The first kappa shape index (κ1) is 13.9. The Balaban J connectivity index is 2.20. The Morgan fingerprint density at radius 3 is 2.68 bits per heavy atom. The predicted octanol–water partition coefficient (Wildman–Crippen LogP) is 1.56. The molecule has 1 aliphatic rings. The predicted molar refractivity (Wildman–Crippen MR) is 74.1 cm³/mol. The van der Waals surface area contributed by atoms with Crippen molar-refractivity contribution in [2.75, 3.05) is 17.7 Å². The van der Waals surface area contributed by atoms with E-state index >= 15 is 0 Å². The van der Waals surface area contributed by atoms with E-state index in [1.807, 2.05) is 13.8 Å². The topological polar surface area (TPSA) is 93.3 Å². The van der Waals surface area contributed by atoms with Crippen molar-refractivity contribution in [3.05, 3.63) is 6.33 Å². The van der Waals surface area contributed by atoms with Crippen LogP contribution in [-0.4, -0.2) is 33.3 Å². The van der Waals surface area contributed by atoms with Crippen molar-refractivity contribution < 1.29 is 9.84 Å². The summed E-state index contributed by atoms with van der Waals surface area (Å²) >= 11 is 0. The third kappa shape index (κ3) is 3.07. The van der Waals surface area contributed by atoms with E-state index in [2.05, 4.69) is 15.3 Å². The molecule has 0 saturated heterocycles. The average molecular weight is 266 g/mol. The molecule has 1 heterocycles. The summed E-state index contributed by atoms with van der Waals surface area (Å²) in [6.45, 7) is 3.92. The molecule has 0 aromatic carbocycles. The third-order valence-corrected chi connectivity index (χ3v) is 3.44. The van der Waals surface area contributed by atoms with Gasteiger partial charge in [0.2, 0.25) is 5.88 Å². The lowest BCUT2D eigenvalue weighted by Gasteiger charge is -2.29. The highest BCUT2D eigenvalue weighted by Crippen LogP contribution is 2.35. The molecule has 6 nitrogen and oxygen atoms in total. The molecule has 1 saturated carbocycles. The lowest BCUT2D eigenvalue weighted by Crippen LogP contribution is -2.39. The Hall–Kier alpha value is -1.56. The molecule has 1 aromatic rings. The summed E-state index contributed by atoms with van der Waals surface area (Å²) in [4.78, 5) is 8.21. The number of hydrogen-bond donors (Lipinski definition) is 3. The van der Waals surface area contributed by atoms with E-state index in [4.69, 9.17) is 10.5 Å². The largest absolute Gasteiger partial charge is 0.473 e. The number of hydrogen-bond acceptors (Lipinski definition) is 6. The van der Waals surface area contributed by atoms with Crippen LogP contribution in [0.4, 0.5) is 11.5 Å². The van der Waals surface area contributed by atoms with Gasteiger partial charge in [-0.3, -0.25) is 0 Å². The van der Waals surface area contributed by atoms with E-state index in [0.717, 1.165) is 25.7 Å². The number of nitrogens with zero attached hydrogens (tertiary/aromatic N) is 2. The first-order chi connectivity index (χ1) is 9.06. The monoisotopic (exact) mass is 266 g/mol. The number of anilines is 2. The third-order valence-electron chi connectivity index (χ3n) is 3.44. The van der Waals surface area contributed by atoms with E-state index in [-0.39, 0.29) is 18.2 Å². The van der Waals surface area contributed by atoms with Gasteiger partial charge in [0.1, 0.15) is 12.0 Å². The molecule has 0 amide bonds. The van der Waals surface area contributed by atoms with Crippen LogP contribution in [0, 0.1) is 0 Å². The Bertz CT molecular complexity index is 431. The van der Waals surface area contributed by atoms with Crippen molar-refractivity contribution in [3.8, 4) is 5.88 Å². The van der Waals surface area contributed by atoms with E-state index in [1.165, 1.54) is 6.33 Å². The molecule has 106 valence electrons. The number of rotatable bonds is 5. The van der Waals surface area contributed by atoms with Crippen molar-refractivity contribution in [1.82, 2.24) is 9.97 Å². The molecule has 0 bridgehead atoms. The van der Waals surface area contributed by atoms with Crippen molar-refractivity contribution in [2.24, 2.45) is 0 Å². The number of aromatic nitrogens is 2. The number of aliphatic hydroxyl groups is 1. The van der Waals surface area contributed by atoms with Gasteiger partial charge in [0.15, 0.2) is 5.82 Å². The van der Waals surface area contributed by atoms with Crippen LogP contribution in [-0.2, 0) is 0 Å². The molecule has 1 fully saturated rings. The summed E-state index contributed by atoms with van der Waals surface area (Å²) in [6, 6.07) is 0. The summed E-state index contributed by atoms with van der Waals surface area (Å²) in [7, 11) is 0. The van der Waals surface area contributed by atoms with Crippen LogP contribution in [0.15, 0.2) is 6.33 Å². The molecule has 1 aliphatic carbocycles. The number of nitrogen functional groups attached to an aromatic ring is 1. The summed E-state index contributed by atoms with van der Waals surface area (Å²) in [5.74, 6) is 0.931. The second-order valence-corrected chi connectivity index (χ2v) is 5.38. The van der Waals surface area contributed by atoms with Crippen LogP contribution in [0.3, 0.4) is 0 Å². The summed E-state index contributed by atoms with van der Waals surface area (Å²) in [5, 5.41) is 12.9. The van der Waals surface area contributed by atoms with Crippen molar-refractivity contribution >= 4 is 11.5 Å². The van der Waals surface area contributed by atoms with Gasteiger partial charge >= 0.3 is 0 Å². The van der Waals surface area contributed by atoms with Gasteiger partial charge in [-0.15, -0.1) is 0 Å². The van der Waals surface area contributed by atoms with Crippen LogP contribution in [0.5, 0.6) is 5.88 Å². The van der Waals surface area contributed by atoms with Gasteiger partial charge < -0.3 is 20.9 Å². The molecule has 0 spiro atoms. The SMILES string of the molecule is CC(C)Oc1ncnc(NC2(CO)CCCC2)c1N. The fraction of sp³-hybridized carbons (Fsp3) is 0.692. The standard InChI is InChI=1S/C13H22N4O2/c1-9(2)19-12-10(14)11(15-8-16-12)17-13(7-18)5-3-4-6-13/h8-9,18H,3-7,14H2,1-2H3,(H,15,16,17). The number of aliphatic hydroxyl groups excluding tert-OH is 1. The quantitative estimate of drug-likeness (QED) is 0.749. The second kappa shape index (κ2) is 5.61. The summed E-state index contributed by atoms with van der Waals surface area (Å²) in [5.41, 5.74) is 6.12. The highest BCUT2D eigenvalue weighted by molar-refractivity contribution is 5.67. The molecular formula is C13H22N4O2. The van der Waals surface area contributed by atoms with E-state index in [1.54, 1.807) is 0 Å². The zero-order valence-electron chi connectivity index (χ0n) is 11.5. The maximum Gasteiger partial charge on any atom is 0.242 e. The van der Waals surface area contributed by atoms with Crippen LogP contribution in [0.2, 0.25) is 0 Å². The van der Waals surface area contributed by atoms with Crippen LogP contribution >= 0.6 is 0 Å². The number of nitrogens with two attached hydrogens (primary N) is 1. The highest BCUT2D eigenvalue weighted by atomic mass is 16.5. The highest BCUT2D eigenvalue weighted by Gasteiger charge is 2.34. The molecular weight excluding hydrogens is 244 g/mol. The normalized spacial score (nSPS) is 17.7. The average Bonchev–Trinajstić information content (AvgIpc) is 2.83. The first-order valence-electron chi connectivity index (χ1n) is 6.72. The second-order valence-electron chi connectivity index (χ2n) is 5.38.